The van der Waals surface area contributed by atoms with Crippen molar-refractivity contribution < 1.29 is 74.7 Å². The van der Waals surface area contributed by atoms with Crippen molar-refractivity contribution in [1.29, 1.82) is 0 Å². The van der Waals surface area contributed by atoms with E-state index < -0.39 is 40.4 Å². The first-order valence-corrected chi connectivity index (χ1v) is 21.0. The van der Waals surface area contributed by atoms with E-state index in [9.17, 15) is 50.3 Å². The van der Waals surface area contributed by atoms with Gasteiger partial charge in [0.25, 0.3) is 0 Å². The Morgan fingerprint density at radius 1 is 0.564 bits per heavy atom. The maximum Gasteiger partial charge on any atom is 0.417 e. The number of hydrogen-bond donors (Lipinski definition) is 5. The average molecular weight is 1140 g/mol. The third-order valence-corrected chi connectivity index (χ3v) is 9.03. The van der Waals surface area contributed by atoms with Crippen LogP contribution in [0.5, 0.6) is 17.2 Å². The minimum absolute atomic E-state index is 0. The summed E-state index contributed by atoms with van der Waals surface area (Å²) < 4.78 is 93.7. The maximum atomic E-state index is 12.9. The molecule has 7 rings (SSSR count). The van der Waals surface area contributed by atoms with Gasteiger partial charge in [-0.2, -0.15) is 26.3 Å². The van der Waals surface area contributed by atoms with Crippen LogP contribution in [-0.2, 0) is 42.7 Å². The number of amides is 1. The molecule has 1 amide bonds. The molecule has 426 valence electrons. The first-order chi connectivity index (χ1) is 34.6. The number of hydrogen-bond acceptors (Lipinski definition) is 14. The summed E-state index contributed by atoms with van der Waals surface area (Å²) >= 11 is 10.9. The molecule has 2 heterocycles. The van der Waals surface area contributed by atoms with E-state index in [0.29, 0.717) is 35.6 Å². The van der Waals surface area contributed by atoms with Gasteiger partial charge in [0.15, 0.2) is 19.0 Å². The number of nitrogens with zero attached hydrogens (tertiary/aromatic N) is 6. The lowest BCUT2D eigenvalue weighted by atomic mass is 10.1. The predicted octanol–water partition coefficient (Wildman–Crippen LogP) is 10.6. The highest BCUT2D eigenvalue weighted by Gasteiger charge is 2.34. The molecule has 0 spiro atoms. The van der Waals surface area contributed by atoms with E-state index in [1.807, 2.05) is 12.1 Å². The molecule has 2 aromatic heterocycles. The van der Waals surface area contributed by atoms with Crippen molar-refractivity contribution >= 4 is 65.0 Å². The van der Waals surface area contributed by atoms with Gasteiger partial charge < -0.3 is 46.0 Å². The fraction of sp³-hybridized carbons (Fsp3) is 0.235. The molecule has 0 aliphatic heterocycles. The molecule has 0 aliphatic rings. The van der Waals surface area contributed by atoms with E-state index >= 15 is 0 Å². The molecular formula is C51H61Cl2F6N9O10. The van der Waals surface area contributed by atoms with Crippen LogP contribution in [-0.4, -0.2) is 96.5 Å². The number of Topliss-reactive ketones (excluding diaryl/α,β-unsaturated/α-hetero) is 1. The van der Waals surface area contributed by atoms with Crippen LogP contribution in [0.4, 0.5) is 37.7 Å². The molecule has 27 heteroatoms. The van der Waals surface area contributed by atoms with Crippen LogP contribution < -0.4 is 31.0 Å². The van der Waals surface area contributed by atoms with Crippen molar-refractivity contribution in [1.82, 2.24) is 34.8 Å². The number of nitrogens with one attached hydrogen (secondary N) is 1. The van der Waals surface area contributed by atoms with E-state index in [4.69, 9.17) is 59.1 Å². The van der Waals surface area contributed by atoms with E-state index in [1.54, 1.807) is 82.5 Å². The van der Waals surface area contributed by atoms with Crippen molar-refractivity contribution in [2.24, 2.45) is 0 Å². The number of nitrogen functional groups attached to an aromatic ring is 2. The molecule has 7 N–H and O–H groups in total. The molecule has 0 radical (unpaired) electrons. The molecule has 78 heavy (non-hydrogen) atoms. The smallest absolute Gasteiger partial charge is 0.417 e. The van der Waals surface area contributed by atoms with Crippen LogP contribution in [0.25, 0.3) is 11.4 Å². The fourth-order valence-electron chi connectivity index (χ4n) is 5.23. The summed E-state index contributed by atoms with van der Waals surface area (Å²) in [6, 6.07) is 27.2. The zero-order valence-electron chi connectivity index (χ0n) is 37.4. The van der Waals surface area contributed by atoms with E-state index in [1.165, 1.54) is 24.8 Å². The SMILES string of the molecule is C.C.C.C.C.Nc1ccc(Cl)c(C(F)(F)F)c1.Nc1cccc(OCC(=O)O)c1.O=C(COc1cccc(-n2cnnc2)c1)Cc1ccc(Cl)c(C(F)(F)F)c1.O=C(O)COc1cccc(-n2cnnc2)c1.O=CCNC=O. The highest BCUT2D eigenvalue weighted by molar-refractivity contribution is 6.31. The third kappa shape index (κ3) is 27.7. The van der Waals surface area contributed by atoms with Gasteiger partial charge in [-0.05, 0) is 72.3 Å². The molecule has 0 saturated heterocycles. The number of ether oxygens (including phenoxy) is 3. The molecule has 0 aliphatic carbocycles. The molecule has 0 atom stereocenters. The number of aromatic nitrogens is 6. The first kappa shape index (κ1) is 73.5. The van der Waals surface area contributed by atoms with Gasteiger partial charge in [-0.25, -0.2) is 9.59 Å². The van der Waals surface area contributed by atoms with Crippen LogP contribution in [0.3, 0.4) is 0 Å². The van der Waals surface area contributed by atoms with E-state index in [0.717, 1.165) is 35.6 Å². The highest BCUT2D eigenvalue weighted by Crippen LogP contribution is 2.36. The summed E-state index contributed by atoms with van der Waals surface area (Å²) in [5.41, 5.74) is 11.1. The van der Waals surface area contributed by atoms with Crippen LogP contribution in [0, 0.1) is 0 Å². The van der Waals surface area contributed by atoms with E-state index in [2.05, 4.69) is 25.7 Å². The summed E-state index contributed by atoms with van der Waals surface area (Å²) in [6.07, 6.45) is -1.96. The number of halogens is 8. The normalized spacial score (nSPS) is 9.74. The third-order valence-electron chi connectivity index (χ3n) is 8.37. The second-order valence-electron chi connectivity index (χ2n) is 13.9. The Morgan fingerprint density at radius 3 is 1.35 bits per heavy atom. The minimum atomic E-state index is -4.57. The van der Waals surface area contributed by atoms with Crippen LogP contribution in [0.1, 0.15) is 53.8 Å². The van der Waals surface area contributed by atoms with E-state index in [-0.39, 0.29) is 92.0 Å². The van der Waals surface area contributed by atoms with Crippen molar-refractivity contribution in [2.75, 3.05) is 37.8 Å². The number of carboxylic acid groups (broad SMARTS) is 2. The molecular weight excluding hydrogens is 1080 g/mol. The van der Waals surface area contributed by atoms with Crippen LogP contribution >= 0.6 is 23.2 Å². The van der Waals surface area contributed by atoms with Gasteiger partial charge in [0.2, 0.25) is 6.41 Å². The lowest BCUT2D eigenvalue weighted by Gasteiger charge is -2.11. The zero-order chi connectivity index (χ0) is 54.0. The highest BCUT2D eigenvalue weighted by atomic mass is 35.5. The fourth-order valence-corrected chi connectivity index (χ4v) is 5.68. The number of carbonyl (C=O) groups is 5. The monoisotopic (exact) mass is 1140 g/mol. The molecule has 19 nitrogen and oxygen atoms in total. The van der Waals surface area contributed by atoms with Gasteiger partial charge in [-0.15, -0.1) is 20.4 Å². The van der Waals surface area contributed by atoms with Crippen molar-refractivity contribution in [3.8, 4) is 28.6 Å². The van der Waals surface area contributed by atoms with Gasteiger partial charge in [-0.3, -0.25) is 18.7 Å². The summed E-state index contributed by atoms with van der Waals surface area (Å²) in [5.74, 6) is -0.958. The number of rotatable bonds is 16. The first-order valence-electron chi connectivity index (χ1n) is 20.3. The predicted molar refractivity (Wildman–Crippen MR) is 285 cm³/mol. The van der Waals surface area contributed by atoms with Crippen LogP contribution in [0.2, 0.25) is 10.0 Å². The molecule has 0 fully saturated rings. The number of aliphatic carboxylic acids is 2. The molecule has 0 saturated carbocycles. The number of alkyl halides is 6. The van der Waals surface area contributed by atoms with Crippen molar-refractivity contribution in [3.05, 3.63) is 161 Å². The Morgan fingerprint density at radius 2 is 0.962 bits per heavy atom. The van der Waals surface area contributed by atoms with Gasteiger partial charge in [-0.1, -0.05) is 84.6 Å². The maximum absolute atomic E-state index is 12.9. The quantitative estimate of drug-likeness (QED) is 0.0260. The Balaban J connectivity index is -0.000000957. The van der Waals surface area contributed by atoms with Gasteiger partial charge in [0, 0.05) is 36.0 Å². The molecule has 5 aromatic carbocycles. The number of carbonyl (C=O) groups excluding carboxylic acids is 3. The lowest BCUT2D eigenvalue weighted by molar-refractivity contribution is -0.140. The van der Waals surface area contributed by atoms with Crippen molar-refractivity contribution in [2.45, 2.75) is 55.9 Å². The van der Waals surface area contributed by atoms with Crippen LogP contribution in [0.15, 0.2) is 135 Å². The summed E-state index contributed by atoms with van der Waals surface area (Å²) in [5, 5.41) is 33.0. The number of carboxylic acids is 2. The Kier molecular flexibility index (Phi) is 35.0. The second-order valence-corrected chi connectivity index (χ2v) is 14.7. The number of benzene rings is 5. The summed E-state index contributed by atoms with van der Waals surface area (Å²) in [6.45, 7) is -0.853. The summed E-state index contributed by atoms with van der Waals surface area (Å²) in [4.78, 5) is 51.2. The molecule has 0 unspecified atom stereocenters. The topological polar surface area (TPSA) is 279 Å². The number of anilines is 2. The summed E-state index contributed by atoms with van der Waals surface area (Å²) in [7, 11) is 0. The van der Waals surface area contributed by atoms with Gasteiger partial charge in [0.05, 0.1) is 39.1 Å². The Bertz CT molecular complexity index is 2860. The molecule has 0 bridgehead atoms. The standard InChI is InChI=1S/C18H13ClF3N3O2.C10H9N3O3.C8H9NO3.C7H5ClF3N.C3H5NO2.5CH4/c19-17-5-4-12(7-16(17)18(20,21)22)6-14(26)9-27-15-3-1-2-13(8-15)25-10-23-24-11-25;14-10(15)5-16-9-3-1-2-8(4-9)13-6-11-12-7-13;9-6-2-1-3-7(4-6)12-5-8(10)11;8-6-2-1-4(12)3-5(6)7(9,10)11;5-2-1-4-3-6;;;;;/h1-5,7-8,10-11H,6,9H2;1-4,6-7H,5H2,(H,14,15);1-4H,5,9H2,(H,10,11);1-3H,12H2;2-3H,1H2,(H,4,6);5*1H4. The number of ketones is 1. The number of aldehydes is 1. The Labute approximate surface area is 456 Å². The minimum Gasteiger partial charge on any atom is -0.486 e. The zero-order valence-corrected chi connectivity index (χ0v) is 38.9. The van der Waals surface area contributed by atoms with Crippen molar-refractivity contribution in [3.63, 3.8) is 0 Å². The second kappa shape index (κ2) is 37.1. The molecule has 7 aromatic rings. The van der Waals surface area contributed by atoms with Gasteiger partial charge in [0.1, 0.15) is 55.5 Å². The Hall–Kier alpha value is -8.71. The lowest BCUT2D eigenvalue weighted by Crippen LogP contribution is -2.15. The largest absolute Gasteiger partial charge is 0.486 e. The number of nitrogens with two attached hydrogens (primary N) is 2. The van der Waals surface area contributed by atoms with Gasteiger partial charge >= 0.3 is 24.3 Å². The average Bonchev–Trinajstić information content (AvgIpc) is 4.10.